The van der Waals surface area contributed by atoms with E-state index in [0.717, 1.165) is 22.4 Å². The van der Waals surface area contributed by atoms with E-state index in [-0.39, 0.29) is 19.6 Å². The Hall–Kier alpha value is -2.34. The van der Waals surface area contributed by atoms with E-state index in [4.69, 9.17) is 14.4 Å². The molecule has 1 aliphatic rings. The van der Waals surface area contributed by atoms with Gasteiger partial charge in [0.05, 0.1) is 13.0 Å². The van der Waals surface area contributed by atoms with Crippen LogP contribution < -0.4 is 9.64 Å². The van der Waals surface area contributed by atoms with Gasteiger partial charge in [0, 0.05) is 43.5 Å². The molecule has 2 aromatic carbocycles. The van der Waals surface area contributed by atoms with Crippen molar-refractivity contribution in [3.05, 3.63) is 53.1 Å². The highest BCUT2D eigenvalue weighted by Gasteiger charge is 2.45. The Labute approximate surface area is 177 Å². The van der Waals surface area contributed by atoms with Crippen molar-refractivity contribution >= 4 is 19.2 Å². The lowest BCUT2D eigenvalue weighted by Crippen LogP contribution is -2.26. The second-order valence-corrected chi connectivity index (χ2v) is 10.3. The van der Waals surface area contributed by atoms with Crippen molar-refractivity contribution in [2.45, 2.75) is 25.9 Å². The third-order valence-electron chi connectivity index (χ3n) is 5.26. The predicted molar refractivity (Wildman–Crippen MR) is 118 cm³/mol. The quantitative estimate of drug-likeness (QED) is 0.595. The van der Waals surface area contributed by atoms with Gasteiger partial charge in [-0.2, -0.15) is 0 Å². The van der Waals surface area contributed by atoms with Crippen molar-refractivity contribution in [1.82, 2.24) is 4.67 Å². The molecule has 0 aromatic heterocycles. The summed E-state index contributed by atoms with van der Waals surface area (Å²) in [5, 5.41) is 9.12. The van der Waals surface area contributed by atoms with E-state index >= 15 is 0 Å². The van der Waals surface area contributed by atoms with Gasteiger partial charge >= 0.3 is 5.97 Å². The molecule has 2 atom stereocenters. The van der Waals surface area contributed by atoms with Gasteiger partial charge in [0.1, 0.15) is 17.2 Å². The van der Waals surface area contributed by atoms with Gasteiger partial charge in [0.25, 0.3) is 7.52 Å². The molecule has 0 bridgehead atoms. The molecule has 0 saturated heterocycles. The maximum Gasteiger partial charge on any atom is 0.304 e. The van der Waals surface area contributed by atoms with Gasteiger partial charge in [0.15, 0.2) is 0 Å². The molecule has 0 spiro atoms. The molecule has 1 aliphatic heterocycles. The molecule has 0 aliphatic carbocycles. The van der Waals surface area contributed by atoms with E-state index < -0.39 is 19.1 Å². The van der Waals surface area contributed by atoms with Crippen LogP contribution in [0.25, 0.3) is 0 Å². The molecule has 2 aromatic rings. The minimum atomic E-state index is -3.48. The number of hydrogen-bond acceptors (Lipinski definition) is 5. The first kappa shape index (κ1) is 22.3. The summed E-state index contributed by atoms with van der Waals surface area (Å²) in [6.07, 6.45) is -0.121. The van der Waals surface area contributed by atoms with Gasteiger partial charge in [-0.1, -0.05) is 18.2 Å². The zero-order chi connectivity index (χ0) is 22.1. The van der Waals surface area contributed by atoms with E-state index in [1.54, 1.807) is 18.6 Å². The average molecular weight is 432 g/mol. The molecular weight excluding hydrogens is 403 g/mol. The summed E-state index contributed by atoms with van der Waals surface area (Å²) in [4.78, 5) is 13.1. The van der Waals surface area contributed by atoms with Crippen molar-refractivity contribution in [2.75, 3.05) is 39.2 Å². The SMILES string of the molecule is CCOP(=O)(C1c2ccc(C)cc2Oc2cc(N(C)C)ccc21)N(C)CCC(=O)O. The molecule has 0 saturated carbocycles. The molecule has 30 heavy (non-hydrogen) atoms. The van der Waals surface area contributed by atoms with Crippen LogP contribution in [0.1, 0.15) is 35.7 Å². The lowest BCUT2D eigenvalue weighted by Gasteiger charge is -2.38. The first-order chi connectivity index (χ1) is 14.2. The lowest BCUT2D eigenvalue weighted by atomic mass is 9.98. The monoisotopic (exact) mass is 432 g/mol. The van der Waals surface area contributed by atoms with Crippen LogP contribution in [0.2, 0.25) is 0 Å². The number of benzene rings is 2. The minimum absolute atomic E-state index is 0.121. The smallest absolute Gasteiger partial charge is 0.304 e. The Morgan fingerprint density at radius 2 is 1.77 bits per heavy atom. The second kappa shape index (κ2) is 8.80. The summed E-state index contributed by atoms with van der Waals surface area (Å²) < 4.78 is 28.0. The number of carboxylic acids is 1. The third kappa shape index (κ3) is 4.24. The van der Waals surface area contributed by atoms with Crippen molar-refractivity contribution in [1.29, 1.82) is 0 Å². The second-order valence-electron chi connectivity index (χ2n) is 7.67. The Kier molecular flexibility index (Phi) is 6.56. The Balaban J connectivity index is 2.18. The molecule has 7 nitrogen and oxygen atoms in total. The number of aryl methyl sites for hydroxylation is 1. The summed E-state index contributed by atoms with van der Waals surface area (Å²) in [5.74, 6) is 0.342. The number of rotatable bonds is 8. The topological polar surface area (TPSA) is 79.3 Å². The number of anilines is 1. The Bertz CT molecular complexity index is 991. The van der Waals surface area contributed by atoms with Gasteiger partial charge in [-0.15, -0.1) is 0 Å². The number of ether oxygens (including phenoxy) is 1. The van der Waals surface area contributed by atoms with Crippen molar-refractivity contribution in [3.63, 3.8) is 0 Å². The van der Waals surface area contributed by atoms with Gasteiger partial charge in [0.2, 0.25) is 0 Å². The Morgan fingerprint density at radius 1 is 1.13 bits per heavy atom. The first-order valence-electron chi connectivity index (χ1n) is 9.94. The van der Waals surface area contributed by atoms with E-state index in [0.29, 0.717) is 11.5 Å². The number of carbonyl (C=O) groups is 1. The Morgan fingerprint density at radius 3 is 2.37 bits per heavy atom. The summed E-state index contributed by atoms with van der Waals surface area (Å²) in [7, 11) is 2.08. The van der Waals surface area contributed by atoms with E-state index in [1.165, 1.54) is 0 Å². The first-order valence-corrected chi connectivity index (χ1v) is 11.6. The van der Waals surface area contributed by atoms with Crippen LogP contribution in [-0.2, 0) is 13.9 Å². The fourth-order valence-corrected chi connectivity index (χ4v) is 6.28. The summed E-state index contributed by atoms with van der Waals surface area (Å²) in [6, 6.07) is 11.6. The number of nitrogens with zero attached hydrogens (tertiary/aromatic N) is 2. The predicted octanol–water partition coefficient (Wildman–Crippen LogP) is 4.89. The highest BCUT2D eigenvalue weighted by molar-refractivity contribution is 7.57. The molecular formula is C22H29N2O5P. The van der Waals surface area contributed by atoms with Crippen molar-refractivity contribution in [3.8, 4) is 11.5 Å². The van der Waals surface area contributed by atoms with Gasteiger partial charge in [-0.3, -0.25) is 9.36 Å². The molecule has 0 fully saturated rings. The number of hydrogen-bond donors (Lipinski definition) is 1. The highest BCUT2D eigenvalue weighted by Crippen LogP contribution is 2.68. The fraction of sp³-hybridized carbons (Fsp3) is 0.409. The van der Waals surface area contributed by atoms with Gasteiger partial charge < -0.3 is 19.3 Å². The molecule has 162 valence electrons. The van der Waals surface area contributed by atoms with Crippen molar-refractivity contribution in [2.24, 2.45) is 0 Å². The van der Waals surface area contributed by atoms with Crippen LogP contribution in [0.4, 0.5) is 5.69 Å². The maximum atomic E-state index is 14.4. The standard InChI is InChI=1S/C22H29N2O5P/c1-6-28-30(27,24(5)12-11-21(25)26)22-17-9-7-15(2)13-19(17)29-20-14-16(23(3)4)8-10-18(20)22/h7-10,13-14,22H,6,11-12H2,1-5H3,(H,25,26). The van der Waals surface area contributed by atoms with Crippen LogP contribution in [-0.4, -0.2) is 50.0 Å². The van der Waals surface area contributed by atoms with Crippen LogP contribution in [0.5, 0.6) is 11.5 Å². The molecule has 0 amide bonds. The van der Waals surface area contributed by atoms with E-state index in [2.05, 4.69) is 0 Å². The molecule has 1 N–H and O–H groups in total. The zero-order valence-electron chi connectivity index (χ0n) is 18.1. The van der Waals surface area contributed by atoms with E-state index in [9.17, 15) is 9.36 Å². The van der Waals surface area contributed by atoms with Crippen LogP contribution in [0.15, 0.2) is 36.4 Å². The van der Waals surface area contributed by atoms with Crippen LogP contribution >= 0.6 is 7.52 Å². The number of aliphatic carboxylic acids is 1. The fourth-order valence-electron chi connectivity index (χ4n) is 3.66. The average Bonchev–Trinajstić information content (AvgIpc) is 2.69. The summed E-state index contributed by atoms with van der Waals surface area (Å²) in [6.45, 7) is 4.14. The molecule has 8 heteroatoms. The molecule has 1 heterocycles. The normalized spacial score (nSPS) is 16.9. The number of fused-ring (bicyclic) bond motifs is 2. The van der Waals surface area contributed by atoms with Crippen LogP contribution in [0, 0.1) is 6.92 Å². The largest absolute Gasteiger partial charge is 0.481 e. The number of carboxylic acid groups (broad SMARTS) is 1. The molecule has 0 radical (unpaired) electrons. The third-order valence-corrected chi connectivity index (χ3v) is 8.25. The van der Waals surface area contributed by atoms with Crippen LogP contribution in [0.3, 0.4) is 0 Å². The lowest BCUT2D eigenvalue weighted by molar-refractivity contribution is -0.137. The highest BCUT2D eigenvalue weighted by atomic mass is 31.2. The molecule has 2 unspecified atom stereocenters. The van der Waals surface area contributed by atoms with E-state index in [1.807, 2.05) is 62.3 Å². The summed E-state index contributed by atoms with van der Waals surface area (Å²) >= 11 is 0. The van der Waals surface area contributed by atoms with Gasteiger partial charge in [-0.05, 0) is 38.6 Å². The summed E-state index contributed by atoms with van der Waals surface area (Å²) in [5.41, 5.74) is 2.98. The molecule has 3 rings (SSSR count). The minimum Gasteiger partial charge on any atom is -0.481 e. The van der Waals surface area contributed by atoms with Crippen molar-refractivity contribution < 1.29 is 23.7 Å². The van der Waals surface area contributed by atoms with Gasteiger partial charge in [-0.25, -0.2) is 4.67 Å². The maximum absolute atomic E-state index is 14.4. The zero-order valence-corrected chi connectivity index (χ0v) is 19.0.